The van der Waals surface area contributed by atoms with Crippen molar-refractivity contribution in [3.05, 3.63) is 57.8 Å². The molecule has 1 aliphatic rings. The van der Waals surface area contributed by atoms with E-state index in [9.17, 15) is 13.2 Å². The van der Waals surface area contributed by atoms with E-state index < -0.39 is 10.0 Å². The van der Waals surface area contributed by atoms with Crippen LogP contribution in [0.1, 0.15) is 10.4 Å². The van der Waals surface area contributed by atoms with E-state index >= 15 is 0 Å². The average Bonchev–Trinajstić information content (AvgIpc) is 2.64. The molecule has 3 rings (SSSR count). The fraction of sp³-hybridized carbons (Fsp3) is 0.250. The van der Waals surface area contributed by atoms with Gasteiger partial charge in [0.25, 0.3) is 5.91 Å². The average molecular weight is 445 g/mol. The molecule has 1 aromatic heterocycles. The number of sulfonamides is 1. The second-order valence-electron chi connectivity index (χ2n) is 5.50. The Morgan fingerprint density at radius 2 is 1.76 bits per heavy atom. The number of halogens is 2. The summed E-state index contributed by atoms with van der Waals surface area (Å²) in [7, 11) is -3.54. The molecule has 0 atom stereocenters. The number of hydrogen-bond donors (Lipinski definition) is 0. The lowest BCUT2D eigenvalue weighted by molar-refractivity contribution is 0.0697. The van der Waals surface area contributed by atoms with Crippen LogP contribution in [0.4, 0.5) is 0 Å². The highest BCUT2D eigenvalue weighted by molar-refractivity contribution is 9.10. The molecule has 1 aliphatic heterocycles. The van der Waals surface area contributed by atoms with E-state index in [1.807, 2.05) is 0 Å². The Morgan fingerprint density at radius 1 is 1.12 bits per heavy atom. The van der Waals surface area contributed by atoms with Crippen molar-refractivity contribution in [1.82, 2.24) is 14.2 Å². The van der Waals surface area contributed by atoms with Crippen molar-refractivity contribution in [2.45, 2.75) is 4.90 Å². The van der Waals surface area contributed by atoms with Crippen LogP contribution in [0.5, 0.6) is 0 Å². The number of carbonyl (C=O) groups is 1. The van der Waals surface area contributed by atoms with Crippen LogP contribution in [-0.4, -0.2) is 54.7 Å². The van der Waals surface area contributed by atoms with Gasteiger partial charge in [-0.3, -0.25) is 4.79 Å². The lowest BCUT2D eigenvalue weighted by atomic mass is 10.2. The highest BCUT2D eigenvalue weighted by Gasteiger charge is 2.31. The summed E-state index contributed by atoms with van der Waals surface area (Å²) in [6.07, 6.45) is 1.52. The fourth-order valence-electron chi connectivity index (χ4n) is 2.62. The smallest absolute Gasteiger partial charge is 0.257 e. The molecule has 25 heavy (non-hydrogen) atoms. The first kappa shape index (κ1) is 18.3. The zero-order valence-electron chi connectivity index (χ0n) is 13.1. The molecule has 0 bridgehead atoms. The van der Waals surface area contributed by atoms with Crippen LogP contribution in [0.15, 0.2) is 52.0 Å². The van der Waals surface area contributed by atoms with Crippen LogP contribution in [0, 0.1) is 0 Å². The number of piperazine rings is 1. The van der Waals surface area contributed by atoms with Gasteiger partial charge in [0.05, 0.1) is 10.5 Å². The SMILES string of the molecule is O=C(c1cc(Br)cnc1Cl)N1CCN(S(=O)(=O)c2ccccc2)CC1. The van der Waals surface area contributed by atoms with Crippen molar-refractivity contribution >= 4 is 43.5 Å². The second kappa shape index (κ2) is 7.41. The van der Waals surface area contributed by atoms with Gasteiger partial charge in [0.1, 0.15) is 5.15 Å². The molecule has 2 heterocycles. The second-order valence-corrected chi connectivity index (χ2v) is 8.71. The molecule has 1 fully saturated rings. The maximum absolute atomic E-state index is 12.6. The number of nitrogens with zero attached hydrogens (tertiary/aromatic N) is 3. The van der Waals surface area contributed by atoms with Gasteiger partial charge in [-0.2, -0.15) is 4.31 Å². The van der Waals surface area contributed by atoms with Gasteiger partial charge in [-0.15, -0.1) is 0 Å². The quantitative estimate of drug-likeness (QED) is 0.683. The van der Waals surface area contributed by atoms with Crippen molar-refractivity contribution in [1.29, 1.82) is 0 Å². The van der Waals surface area contributed by atoms with Gasteiger partial charge in [-0.25, -0.2) is 13.4 Å². The number of benzene rings is 1. The van der Waals surface area contributed by atoms with Crippen LogP contribution in [0.3, 0.4) is 0 Å². The first-order valence-corrected chi connectivity index (χ1v) is 10.2. The van der Waals surface area contributed by atoms with Gasteiger partial charge in [-0.05, 0) is 34.1 Å². The fourth-order valence-corrected chi connectivity index (χ4v) is 4.57. The molecule has 2 aromatic rings. The maximum Gasteiger partial charge on any atom is 0.257 e. The third kappa shape index (κ3) is 3.87. The van der Waals surface area contributed by atoms with Gasteiger partial charge in [0.15, 0.2) is 0 Å². The predicted molar refractivity (Wildman–Crippen MR) is 98.1 cm³/mol. The molecule has 1 aromatic carbocycles. The van der Waals surface area contributed by atoms with Gasteiger partial charge < -0.3 is 4.90 Å². The molecule has 9 heteroatoms. The van der Waals surface area contributed by atoms with Crippen molar-refractivity contribution in [2.24, 2.45) is 0 Å². The molecule has 0 radical (unpaired) electrons. The third-order valence-electron chi connectivity index (χ3n) is 3.94. The Labute approximate surface area is 159 Å². The number of carbonyl (C=O) groups excluding carboxylic acids is 1. The number of amides is 1. The van der Waals surface area contributed by atoms with Gasteiger partial charge in [0, 0.05) is 36.8 Å². The van der Waals surface area contributed by atoms with Gasteiger partial charge >= 0.3 is 0 Å². The van der Waals surface area contributed by atoms with Crippen LogP contribution < -0.4 is 0 Å². The summed E-state index contributed by atoms with van der Waals surface area (Å²) in [6.45, 7) is 1.07. The standard InChI is InChI=1S/C16H15BrClN3O3S/c17-12-10-14(15(18)19-11-12)16(22)20-6-8-21(9-7-20)25(23,24)13-4-2-1-3-5-13/h1-5,10-11H,6-9H2. The first-order valence-electron chi connectivity index (χ1n) is 7.55. The maximum atomic E-state index is 12.6. The Bertz CT molecular complexity index is 885. The molecule has 1 saturated heterocycles. The largest absolute Gasteiger partial charge is 0.336 e. The number of rotatable bonds is 3. The van der Waals surface area contributed by atoms with Crippen molar-refractivity contribution < 1.29 is 13.2 Å². The summed E-state index contributed by atoms with van der Waals surface area (Å²) in [5.41, 5.74) is 0.301. The minimum atomic E-state index is -3.54. The topological polar surface area (TPSA) is 70.6 Å². The van der Waals surface area contributed by atoms with Crippen LogP contribution >= 0.6 is 27.5 Å². The van der Waals surface area contributed by atoms with Crippen molar-refractivity contribution in [2.75, 3.05) is 26.2 Å². The molecule has 132 valence electrons. The molecule has 0 saturated carbocycles. The third-order valence-corrected chi connectivity index (χ3v) is 6.59. The monoisotopic (exact) mass is 443 g/mol. The zero-order chi connectivity index (χ0) is 18.0. The van der Waals surface area contributed by atoms with E-state index in [0.29, 0.717) is 23.1 Å². The van der Waals surface area contributed by atoms with E-state index in [1.165, 1.54) is 10.5 Å². The summed E-state index contributed by atoms with van der Waals surface area (Å²) in [4.78, 5) is 18.4. The van der Waals surface area contributed by atoms with Crippen molar-refractivity contribution in [3.8, 4) is 0 Å². The van der Waals surface area contributed by atoms with Crippen molar-refractivity contribution in [3.63, 3.8) is 0 Å². The van der Waals surface area contributed by atoms with Gasteiger partial charge in [0.2, 0.25) is 10.0 Å². The van der Waals surface area contributed by atoms with E-state index in [-0.39, 0.29) is 29.0 Å². The molecule has 0 N–H and O–H groups in total. The van der Waals surface area contributed by atoms with E-state index in [2.05, 4.69) is 20.9 Å². The first-order chi connectivity index (χ1) is 11.9. The Balaban J connectivity index is 1.72. The predicted octanol–water partition coefficient (Wildman–Crippen LogP) is 2.64. The molecule has 0 spiro atoms. The minimum Gasteiger partial charge on any atom is -0.336 e. The Morgan fingerprint density at radius 3 is 2.40 bits per heavy atom. The summed E-state index contributed by atoms with van der Waals surface area (Å²) >= 11 is 9.28. The van der Waals surface area contributed by atoms with Crippen LogP contribution in [0.25, 0.3) is 0 Å². The zero-order valence-corrected chi connectivity index (χ0v) is 16.3. The van der Waals surface area contributed by atoms with E-state index in [4.69, 9.17) is 11.6 Å². The van der Waals surface area contributed by atoms with Crippen LogP contribution in [-0.2, 0) is 10.0 Å². The number of hydrogen-bond acceptors (Lipinski definition) is 4. The highest BCUT2D eigenvalue weighted by Crippen LogP contribution is 2.22. The molecule has 0 unspecified atom stereocenters. The molecular formula is C16H15BrClN3O3S. The molecule has 1 amide bonds. The highest BCUT2D eigenvalue weighted by atomic mass is 79.9. The molecular weight excluding hydrogens is 430 g/mol. The number of pyridine rings is 1. The Hall–Kier alpha value is -1.48. The van der Waals surface area contributed by atoms with E-state index in [1.54, 1.807) is 41.3 Å². The Kier molecular flexibility index (Phi) is 5.43. The molecule has 6 nitrogen and oxygen atoms in total. The summed E-state index contributed by atoms with van der Waals surface area (Å²) < 4.78 is 27.3. The summed E-state index contributed by atoms with van der Waals surface area (Å²) in [5, 5.41) is 0.132. The minimum absolute atomic E-state index is 0.132. The summed E-state index contributed by atoms with van der Waals surface area (Å²) in [5.74, 6) is -0.254. The normalized spacial score (nSPS) is 16.0. The van der Waals surface area contributed by atoms with Gasteiger partial charge in [-0.1, -0.05) is 29.8 Å². The summed E-state index contributed by atoms with van der Waals surface area (Å²) in [6, 6.07) is 9.90. The lowest BCUT2D eigenvalue weighted by Gasteiger charge is -2.34. The van der Waals surface area contributed by atoms with Crippen LogP contribution in [0.2, 0.25) is 5.15 Å². The number of aromatic nitrogens is 1. The molecule has 0 aliphatic carbocycles. The lowest BCUT2D eigenvalue weighted by Crippen LogP contribution is -2.50. The van der Waals surface area contributed by atoms with E-state index in [0.717, 1.165) is 0 Å².